The van der Waals surface area contributed by atoms with Gasteiger partial charge in [-0.3, -0.25) is 9.35 Å². The molecule has 8 nitrogen and oxygen atoms in total. The average Bonchev–Trinajstić information content (AvgIpc) is 2.76. The quantitative estimate of drug-likeness (QED) is 0.553. The van der Waals surface area contributed by atoms with Crippen LogP contribution in [0.5, 0.6) is 0 Å². The molecule has 3 fully saturated rings. The molecule has 2 saturated carbocycles. The summed E-state index contributed by atoms with van der Waals surface area (Å²) in [7, 11) is -5.99. The van der Waals surface area contributed by atoms with E-state index in [-0.39, 0.29) is 17.8 Å². The number of hydrogen-bond acceptors (Lipinski definition) is 7. The van der Waals surface area contributed by atoms with Crippen molar-refractivity contribution in [2.75, 3.05) is 6.61 Å². The topological polar surface area (TPSA) is 116 Å². The van der Waals surface area contributed by atoms with Gasteiger partial charge < -0.3 is 14.2 Å². The van der Waals surface area contributed by atoms with Crippen LogP contribution in [0.25, 0.3) is 0 Å². The molecule has 3 rings (SSSR count). The SMILES string of the molecule is O=C(OCC(F)C(F)(F)S(=O)(=O)O)OC1CCC2CC3C(=O)OC1C23. The molecule has 1 N–H and O–H groups in total. The van der Waals surface area contributed by atoms with Gasteiger partial charge in [0.1, 0.15) is 18.8 Å². The molecule has 1 aliphatic heterocycles. The molecule has 142 valence electrons. The van der Waals surface area contributed by atoms with Crippen LogP contribution in [0.4, 0.5) is 18.0 Å². The molecule has 1 heterocycles. The number of hydrogen-bond donors (Lipinski definition) is 1. The number of halogens is 3. The van der Waals surface area contributed by atoms with E-state index in [1.165, 1.54) is 0 Å². The maximum Gasteiger partial charge on any atom is 0.508 e. The minimum absolute atomic E-state index is 0.0585. The van der Waals surface area contributed by atoms with Gasteiger partial charge in [-0.15, -0.1) is 0 Å². The first-order chi connectivity index (χ1) is 11.5. The van der Waals surface area contributed by atoms with Crippen LogP contribution in [0, 0.1) is 17.8 Å². The Balaban J connectivity index is 1.52. The van der Waals surface area contributed by atoms with E-state index in [1.54, 1.807) is 0 Å². The Morgan fingerprint density at radius 3 is 2.72 bits per heavy atom. The fraction of sp³-hybridized carbons (Fsp3) is 0.846. The highest BCUT2D eigenvalue weighted by Crippen LogP contribution is 2.55. The van der Waals surface area contributed by atoms with Crippen molar-refractivity contribution in [2.45, 2.75) is 42.9 Å². The Morgan fingerprint density at radius 2 is 2.08 bits per heavy atom. The van der Waals surface area contributed by atoms with E-state index in [2.05, 4.69) is 4.74 Å². The minimum Gasteiger partial charge on any atom is -0.458 e. The molecule has 0 aromatic rings. The van der Waals surface area contributed by atoms with Crippen LogP contribution in [0.15, 0.2) is 0 Å². The number of esters is 1. The van der Waals surface area contributed by atoms with Gasteiger partial charge in [-0.2, -0.15) is 17.2 Å². The van der Waals surface area contributed by atoms with Crippen LogP contribution in [0.1, 0.15) is 19.3 Å². The Hall–Kier alpha value is -1.56. The summed E-state index contributed by atoms with van der Waals surface area (Å²) in [6, 6.07) is 0. The third-order valence-corrected chi connectivity index (χ3v) is 5.94. The van der Waals surface area contributed by atoms with Gasteiger partial charge in [0, 0.05) is 5.92 Å². The van der Waals surface area contributed by atoms with Gasteiger partial charge in [0.05, 0.1) is 5.92 Å². The smallest absolute Gasteiger partial charge is 0.458 e. The summed E-state index contributed by atoms with van der Waals surface area (Å²) in [4.78, 5) is 23.2. The summed E-state index contributed by atoms with van der Waals surface area (Å²) in [6.45, 7) is -1.63. The van der Waals surface area contributed by atoms with Crippen molar-refractivity contribution >= 4 is 22.2 Å². The zero-order valence-corrected chi connectivity index (χ0v) is 13.5. The van der Waals surface area contributed by atoms with Crippen molar-refractivity contribution < 1.29 is 49.9 Å². The van der Waals surface area contributed by atoms with Gasteiger partial charge in [0.15, 0.2) is 0 Å². The maximum atomic E-state index is 13.2. The van der Waals surface area contributed by atoms with Crippen LogP contribution >= 0.6 is 0 Å². The van der Waals surface area contributed by atoms with Crippen LogP contribution in [0.2, 0.25) is 0 Å². The Morgan fingerprint density at radius 1 is 1.40 bits per heavy atom. The molecule has 1 saturated heterocycles. The van der Waals surface area contributed by atoms with E-state index in [4.69, 9.17) is 14.0 Å². The molecule has 25 heavy (non-hydrogen) atoms. The molecule has 0 aromatic heterocycles. The Kier molecular flexibility index (Phi) is 4.38. The van der Waals surface area contributed by atoms with Gasteiger partial charge in [0.2, 0.25) is 6.17 Å². The number of alkyl halides is 3. The normalized spacial score (nSPS) is 35.2. The fourth-order valence-corrected chi connectivity index (χ4v) is 4.08. The third kappa shape index (κ3) is 3.05. The summed E-state index contributed by atoms with van der Waals surface area (Å²) >= 11 is 0. The number of ether oxygens (including phenoxy) is 3. The number of rotatable bonds is 5. The standard InChI is InChI=1S/C13H15F3O8S/c14-8(13(15,16)25(19,20)21)4-22-12(18)23-7-2-1-5-3-6-9(5)10(7)24-11(6)17/h5-10H,1-4H2,(H,19,20,21). The van der Waals surface area contributed by atoms with E-state index in [0.29, 0.717) is 18.8 Å². The lowest BCUT2D eigenvalue weighted by atomic mass is 9.58. The fourth-order valence-electron chi connectivity index (χ4n) is 3.68. The summed E-state index contributed by atoms with van der Waals surface area (Å²) in [5, 5.41) is -5.12. The predicted octanol–water partition coefficient (Wildman–Crippen LogP) is 1.30. The molecule has 6 atom stereocenters. The van der Waals surface area contributed by atoms with Gasteiger partial charge in [-0.1, -0.05) is 0 Å². The minimum atomic E-state index is -5.99. The van der Waals surface area contributed by atoms with Gasteiger partial charge in [0.25, 0.3) is 0 Å². The zero-order chi connectivity index (χ0) is 18.6. The lowest BCUT2D eigenvalue weighted by Gasteiger charge is -2.45. The highest BCUT2D eigenvalue weighted by atomic mass is 32.2. The molecule has 0 radical (unpaired) electrons. The lowest BCUT2D eigenvalue weighted by Crippen LogP contribution is -2.50. The molecule has 0 bridgehead atoms. The lowest BCUT2D eigenvalue weighted by molar-refractivity contribution is -0.148. The van der Waals surface area contributed by atoms with E-state index in [0.717, 1.165) is 6.42 Å². The molecular weight excluding hydrogens is 373 g/mol. The summed E-state index contributed by atoms with van der Waals surface area (Å²) in [6.07, 6.45) is -4.63. The molecule has 2 aliphatic carbocycles. The number of carbonyl (C=O) groups is 2. The van der Waals surface area contributed by atoms with Gasteiger partial charge in [-0.05, 0) is 25.2 Å². The zero-order valence-electron chi connectivity index (χ0n) is 12.6. The highest BCUT2D eigenvalue weighted by Gasteiger charge is 2.61. The van der Waals surface area contributed by atoms with Crippen LogP contribution in [-0.2, 0) is 29.1 Å². The van der Waals surface area contributed by atoms with Crippen molar-refractivity contribution in [3.05, 3.63) is 0 Å². The van der Waals surface area contributed by atoms with Crippen molar-refractivity contribution in [1.29, 1.82) is 0 Å². The first kappa shape index (κ1) is 18.2. The molecular formula is C13H15F3O8S. The monoisotopic (exact) mass is 388 g/mol. The van der Waals surface area contributed by atoms with Crippen LogP contribution in [-0.4, -0.2) is 55.3 Å². The first-order valence-electron chi connectivity index (χ1n) is 7.55. The molecule has 12 heteroatoms. The van der Waals surface area contributed by atoms with Crippen LogP contribution in [0.3, 0.4) is 0 Å². The second-order valence-electron chi connectivity index (χ2n) is 6.38. The first-order valence-corrected chi connectivity index (χ1v) is 8.99. The van der Waals surface area contributed by atoms with E-state index < -0.39 is 46.5 Å². The van der Waals surface area contributed by atoms with Crippen molar-refractivity contribution in [3.8, 4) is 0 Å². The Labute approximate surface area is 140 Å². The van der Waals surface area contributed by atoms with Crippen LogP contribution < -0.4 is 0 Å². The van der Waals surface area contributed by atoms with E-state index in [9.17, 15) is 31.2 Å². The molecule has 6 unspecified atom stereocenters. The second-order valence-corrected chi connectivity index (χ2v) is 7.87. The maximum absolute atomic E-state index is 13.2. The van der Waals surface area contributed by atoms with E-state index in [1.807, 2.05) is 0 Å². The van der Waals surface area contributed by atoms with Gasteiger partial charge >= 0.3 is 27.5 Å². The highest BCUT2D eigenvalue weighted by molar-refractivity contribution is 7.86. The largest absolute Gasteiger partial charge is 0.508 e. The molecule has 0 aromatic carbocycles. The summed E-state index contributed by atoms with van der Waals surface area (Å²) < 4.78 is 82.5. The summed E-state index contributed by atoms with van der Waals surface area (Å²) in [5.41, 5.74) is 0. The van der Waals surface area contributed by atoms with Crippen molar-refractivity contribution in [1.82, 2.24) is 0 Å². The third-order valence-electron chi connectivity index (χ3n) is 4.99. The van der Waals surface area contributed by atoms with E-state index >= 15 is 0 Å². The second kappa shape index (κ2) is 6.01. The molecule has 0 spiro atoms. The molecule has 3 aliphatic rings. The Bertz CT molecular complexity index is 681. The van der Waals surface area contributed by atoms with Crippen molar-refractivity contribution in [2.24, 2.45) is 17.8 Å². The summed E-state index contributed by atoms with van der Waals surface area (Å²) in [5.74, 6) is -0.342. The average molecular weight is 388 g/mol. The molecule has 0 amide bonds. The van der Waals surface area contributed by atoms with Crippen molar-refractivity contribution in [3.63, 3.8) is 0 Å². The van der Waals surface area contributed by atoms with Gasteiger partial charge in [-0.25, -0.2) is 9.18 Å². The predicted molar refractivity (Wildman–Crippen MR) is 71.8 cm³/mol. The number of carbonyl (C=O) groups excluding carboxylic acids is 2.